The summed E-state index contributed by atoms with van der Waals surface area (Å²) in [5, 5.41) is 3.45. The Balaban J connectivity index is 0.00000112. The zero-order valence-electron chi connectivity index (χ0n) is 9.19. The molecule has 1 aliphatic heterocycles. The number of piperazine rings is 1. The van der Waals surface area contributed by atoms with Gasteiger partial charge in [0.2, 0.25) is 0 Å². The summed E-state index contributed by atoms with van der Waals surface area (Å²) >= 11 is 1.77. The molecule has 0 radical (unpaired) electrons. The van der Waals surface area contributed by atoms with E-state index in [1.165, 1.54) is 10.6 Å². The van der Waals surface area contributed by atoms with Crippen LogP contribution in [0.5, 0.6) is 0 Å². The maximum absolute atomic E-state index is 4.28. The van der Waals surface area contributed by atoms with Crippen molar-refractivity contribution in [1.82, 2.24) is 15.2 Å². The molecule has 0 aromatic carbocycles. The summed E-state index contributed by atoms with van der Waals surface area (Å²) in [6, 6.07) is 0.622. The van der Waals surface area contributed by atoms with E-state index < -0.39 is 0 Å². The van der Waals surface area contributed by atoms with Gasteiger partial charge in [-0.05, 0) is 13.8 Å². The standard InChI is InChI=1S/C10H17N3S.ClH/c1-8-5-13(4-3-11-8)6-10-9(2)12-7-14-10;/h7-8,11H,3-6H2,1-2H3;1H. The zero-order valence-corrected chi connectivity index (χ0v) is 10.8. The van der Waals surface area contributed by atoms with Crippen LogP contribution in [0, 0.1) is 6.92 Å². The lowest BCUT2D eigenvalue weighted by molar-refractivity contribution is 0.201. The van der Waals surface area contributed by atoms with Gasteiger partial charge in [0, 0.05) is 37.1 Å². The maximum atomic E-state index is 4.28. The van der Waals surface area contributed by atoms with Crippen LogP contribution in [0.4, 0.5) is 0 Å². The van der Waals surface area contributed by atoms with Crippen LogP contribution in [0.3, 0.4) is 0 Å². The van der Waals surface area contributed by atoms with E-state index >= 15 is 0 Å². The Morgan fingerprint density at radius 1 is 1.67 bits per heavy atom. The van der Waals surface area contributed by atoms with E-state index in [0.717, 1.165) is 26.2 Å². The van der Waals surface area contributed by atoms with Gasteiger partial charge in [0.05, 0.1) is 11.2 Å². The van der Waals surface area contributed by atoms with Crippen molar-refractivity contribution < 1.29 is 0 Å². The van der Waals surface area contributed by atoms with Gasteiger partial charge in [0.25, 0.3) is 0 Å². The highest BCUT2D eigenvalue weighted by atomic mass is 35.5. The van der Waals surface area contributed by atoms with Crippen molar-refractivity contribution in [2.45, 2.75) is 26.4 Å². The summed E-state index contributed by atoms with van der Waals surface area (Å²) in [6.07, 6.45) is 0. The van der Waals surface area contributed by atoms with Crippen molar-refractivity contribution in [2.24, 2.45) is 0 Å². The van der Waals surface area contributed by atoms with Crippen LogP contribution in [-0.4, -0.2) is 35.6 Å². The summed E-state index contributed by atoms with van der Waals surface area (Å²) in [6.45, 7) is 8.82. The fourth-order valence-corrected chi connectivity index (χ4v) is 2.66. The van der Waals surface area contributed by atoms with Crippen LogP contribution in [-0.2, 0) is 6.54 Å². The maximum Gasteiger partial charge on any atom is 0.0798 e. The molecule has 1 N–H and O–H groups in total. The second-order valence-corrected chi connectivity index (χ2v) is 4.89. The molecule has 1 unspecified atom stereocenters. The van der Waals surface area contributed by atoms with Crippen molar-refractivity contribution >= 4 is 23.7 Å². The number of nitrogens with zero attached hydrogens (tertiary/aromatic N) is 2. The molecule has 1 aromatic heterocycles. The molecule has 3 nitrogen and oxygen atoms in total. The Hall–Kier alpha value is -0.160. The van der Waals surface area contributed by atoms with Gasteiger partial charge in [-0.2, -0.15) is 0 Å². The molecule has 0 amide bonds. The lowest BCUT2D eigenvalue weighted by atomic mass is 10.2. The number of hydrogen-bond acceptors (Lipinski definition) is 4. The molecule has 0 bridgehead atoms. The average molecular weight is 248 g/mol. The van der Waals surface area contributed by atoms with Gasteiger partial charge in [-0.3, -0.25) is 4.90 Å². The van der Waals surface area contributed by atoms with Crippen LogP contribution < -0.4 is 5.32 Å². The highest BCUT2D eigenvalue weighted by molar-refractivity contribution is 7.09. The third kappa shape index (κ3) is 3.41. The molecule has 1 fully saturated rings. The van der Waals surface area contributed by atoms with E-state index in [-0.39, 0.29) is 12.4 Å². The topological polar surface area (TPSA) is 28.2 Å². The molecular weight excluding hydrogens is 230 g/mol. The smallest absolute Gasteiger partial charge is 0.0798 e. The highest BCUT2D eigenvalue weighted by Crippen LogP contribution is 2.15. The number of rotatable bonds is 2. The zero-order chi connectivity index (χ0) is 9.97. The first-order chi connectivity index (χ1) is 6.75. The van der Waals surface area contributed by atoms with E-state index in [2.05, 4.69) is 29.0 Å². The van der Waals surface area contributed by atoms with Gasteiger partial charge in [-0.25, -0.2) is 4.98 Å². The first kappa shape index (κ1) is 12.9. The number of halogens is 1. The van der Waals surface area contributed by atoms with Gasteiger partial charge in [0.1, 0.15) is 0 Å². The van der Waals surface area contributed by atoms with Crippen molar-refractivity contribution in [3.8, 4) is 0 Å². The first-order valence-electron chi connectivity index (χ1n) is 5.10. The first-order valence-corrected chi connectivity index (χ1v) is 5.98. The number of thiazole rings is 1. The average Bonchev–Trinajstić information content (AvgIpc) is 2.52. The summed E-state index contributed by atoms with van der Waals surface area (Å²) < 4.78 is 0. The van der Waals surface area contributed by atoms with E-state index in [0.29, 0.717) is 6.04 Å². The predicted molar refractivity (Wildman–Crippen MR) is 66.8 cm³/mol. The van der Waals surface area contributed by atoms with E-state index in [1.54, 1.807) is 11.3 Å². The molecule has 1 aliphatic rings. The fourth-order valence-electron chi connectivity index (χ4n) is 1.84. The minimum Gasteiger partial charge on any atom is -0.312 e. The molecule has 15 heavy (non-hydrogen) atoms. The molecule has 2 heterocycles. The Labute approximate surface area is 101 Å². The Bertz CT molecular complexity index is 303. The summed E-state index contributed by atoms with van der Waals surface area (Å²) in [4.78, 5) is 8.19. The van der Waals surface area contributed by atoms with Gasteiger partial charge in [0.15, 0.2) is 0 Å². The number of aryl methyl sites for hydroxylation is 1. The van der Waals surface area contributed by atoms with E-state index in [4.69, 9.17) is 0 Å². The normalized spacial score (nSPS) is 22.4. The molecule has 0 aliphatic carbocycles. The number of nitrogens with one attached hydrogen (secondary N) is 1. The van der Waals surface area contributed by atoms with Gasteiger partial charge < -0.3 is 5.32 Å². The molecular formula is C10H18ClN3S. The van der Waals surface area contributed by atoms with Crippen LogP contribution in [0.25, 0.3) is 0 Å². The molecule has 5 heteroatoms. The van der Waals surface area contributed by atoms with Crippen LogP contribution in [0.2, 0.25) is 0 Å². The summed E-state index contributed by atoms with van der Waals surface area (Å²) in [5.74, 6) is 0. The second-order valence-electron chi connectivity index (χ2n) is 3.95. The van der Waals surface area contributed by atoms with E-state index in [1.807, 2.05) is 5.51 Å². The molecule has 0 saturated carbocycles. The summed E-state index contributed by atoms with van der Waals surface area (Å²) in [5.41, 5.74) is 3.14. The number of aromatic nitrogens is 1. The quantitative estimate of drug-likeness (QED) is 0.862. The largest absolute Gasteiger partial charge is 0.312 e. The monoisotopic (exact) mass is 247 g/mol. The minimum atomic E-state index is 0. The molecule has 86 valence electrons. The van der Waals surface area contributed by atoms with Crippen molar-refractivity contribution in [3.63, 3.8) is 0 Å². The lowest BCUT2D eigenvalue weighted by Crippen LogP contribution is -2.48. The SMILES string of the molecule is Cc1ncsc1CN1CCNC(C)C1.Cl. The highest BCUT2D eigenvalue weighted by Gasteiger charge is 2.16. The van der Waals surface area contributed by atoms with Crippen LogP contribution in [0.15, 0.2) is 5.51 Å². The van der Waals surface area contributed by atoms with Gasteiger partial charge in [-0.15, -0.1) is 23.7 Å². The fraction of sp³-hybridized carbons (Fsp3) is 0.700. The second kappa shape index (κ2) is 5.80. The molecule has 1 atom stereocenters. The molecule has 2 rings (SSSR count). The molecule has 0 spiro atoms. The predicted octanol–water partition coefficient (Wildman–Crippen LogP) is 1.67. The van der Waals surface area contributed by atoms with Gasteiger partial charge in [-0.1, -0.05) is 0 Å². The Morgan fingerprint density at radius 2 is 2.47 bits per heavy atom. The van der Waals surface area contributed by atoms with Crippen LogP contribution >= 0.6 is 23.7 Å². The van der Waals surface area contributed by atoms with E-state index in [9.17, 15) is 0 Å². The lowest BCUT2D eigenvalue weighted by Gasteiger charge is -2.31. The van der Waals surface area contributed by atoms with Crippen molar-refractivity contribution in [1.29, 1.82) is 0 Å². The third-order valence-electron chi connectivity index (χ3n) is 2.66. The Kier molecular flexibility index (Phi) is 4.99. The van der Waals surface area contributed by atoms with Crippen molar-refractivity contribution in [2.75, 3.05) is 19.6 Å². The van der Waals surface area contributed by atoms with Crippen LogP contribution in [0.1, 0.15) is 17.5 Å². The van der Waals surface area contributed by atoms with Gasteiger partial charge >= 0.3 is 0 Å². The molecule has 1 saturated heterocycles. The summed E-state index contributed by atoms with van der Waals surface area (Å²) in [7, 11) is 0. The van der Waals surface area contributed by atoms with Crippen molar-refractivity contribution in [3.05, 3.63) is 16.1 Å². The minimum absolute atomic E-state index is 0. The third-order valence-corrected chi connectivity index (χ3v) is 3.58. The number of hydrogen-bond donors (Lipinski definition) is 1. The molecule has 1 aromatic rings. The Morgan fingerprint density at radius 3 is 3.07 bits per heavy atom.